The SMILES string of the molecule is COc1ccc(C2C3=C(CC(c4ccco4)CC3=O)Nc3ccccc3N2C(=O)CCC(=O)O)cc1. The lowest BCUT2D eigenvalue weighted by Gasteiger charge is -2.35. The van der Waals surface area contributed by atoms with Crippen molar-refractivity contribution in [3.05, 3.63) is 89.5 Å². The van der Waals surface area contributed by atoms with Gasteiger partial charge in [0.2, 0.25) is 5.91 Å². The fraction of sp³-hybridized carbons (Fsp3) is 0.250. The number of amides is 1. The Bertz CT molecular complexity index is 1330. The molecule has 5 rings (SSSR count). The number of ether oxygens (including phenoxy) is 1. The molecule has 0 spiro atoms. The number of hydrogen-bond acceptors (Lipinski definition) is 6. The van der Waals surface area contributed by atoms with Crippen molar-refractivity contribution >= 4 is 29.0 Å². The molecule has 1 aromatic heterocycles. The van der Waals surface area contributed by atoms with Gasteiger partial charge in [-0.25, -0.2) is 0 Å². The summed E-state index contributed by atoms with van der Waals surface area (Å²) >= 11 is 0. The monoisotopic (exact) mass is 486 g/mol. The highest BCUT2D eigenvalue weighted by Crippen LogP contribution is 2.47. The zero-order valence-electron chi connectivity index (χ0n) is 19.8. The van der Waals surface area contributed by atoms with E-state index in [1.54, 1.807) is 30.4 Å². The number of ketones is 1. The standard InChI is InChI=1S/C28H26N2O6/c1-35-19-10-8-17(9-11-19)28-27-21(15-18(16-23(27)31)24-7-4-14-36-24)29-20-5-2-3-6-22(20)30(28)25(32)12-13-26(33)34/h2-11,14,18,28-29H,12-13,15-16H2,1H3,(H,33,34). The van der Waals surface area contributed by atoms with E-state index in [4.69, 9.17) is 9.15 Å². The summed E-state index contributed by atoms with van der Waals surface area (Å²) in [6.45, 7) is 0. The zero-order chi connectivity index (χ0) is 25.2. The van der Waals surface area contributed by atoms with Gasteiger partial charge >= 0.3 is 5.97 Å². The van der Waals surface area contributed by atoms with Crippen LogP contribution in [0.1, 0.15) is 49.0 Å². The number of carboxylic acids is 1. The molecule has 0 saturated heterocycles. The Hall–Kier alpha value is -4.33. The van der Waals surface area contributed by atoms with Gasteiger partial charge in [-0.05, 0) is 48.4 Å². The lowest BCUT2D eigenvalue weighted by Crippen LogP contribution is -2.38. The molecule has 0 saturated carbocycles. The second-order valence-electron chi connectivity index (χ2n) is 8.91. The van der Waals surface area contributed by atoms with Crippen LogP contribution in [0, 0.1) is 0 Å². The number of para-hydroxylation sites is 2. The number of furan rings is 1. The predicted octanol–water partition coefficient (Wildman–Crippen LogP) is 5.05. The molecule has 2 unspecified atom stereocenters. The third kappa shape index (κ3) is 4.37. The average Bonchev–Trinajstić information content (AvgIpc) is 3.37. The van der Waals surface area contributed by atoms with Gasteiger partial charge in [-0.2, -0.15) is 0 Å². The molecule has 2 aromatic carbocycles. The maximum Gasteiger partial charge on any atom is 0.303 e. The highest BCUT2D eigenvalue weighted by Gasteiger charge is 2.42. The minimum absolute atomic E-state index is 0.0881. The van der Waals surface area contributed by atoms with Crippen LogP contribution in [0.15, 0.2) is 82.6 Å². The number of carbonyl (C=O) groups excluding carboxylic acids is 2. The summed E-state index contributed by atoms with van der Waals surface area (Å²) in [7, 11) is 1.57. The van der Waals surface area contributed by atoms with Crippen molar-refractivity contribution in [1.29, 1.82) is 0 Å². The topological polar surface area (TPSA) is 109 Å². The van der Waals surface area contributed by atoms with Crippen molar-refractivity contribution in [2.24, 2.45) is 0 Å². The number of methoxy groups -OCH3 is 1. The summed E-state index contributed by atoms with van der Waals surface area (Å²) < 4.78 is 10.9. The molecule has 8 nitrogen and oxygen atoms in total. The smallest absolute Gasteiger partial charge is 0.303 e. The molecule has 0 radical (unpaired) electrons. The maximum absolute atomic E-state index is 13.8. The van der Waals surface area contributed by atoms with Crippen LogP contribution < -0.4 is 15.0 Å². The number of nitrogens with one attached hydrogen (secondary N) is 1. The molecule has 184 valence electrons. The number of carboxylic acid groups (broad SMARTS) is 1. The van der Waals surface area contributed by atoms with Crippen molar-refractivity contribution < 1.29 is 28.6 Å². The van der Waals surface area contributed by atoms with Crippen LogP contribution in [0.2, 0.25) is 0 Å². The number of allylic oxidation sites excluding steroid dienone is 1. The number of aliphatic carboxylic acids is 1. The molecule has 2 N–H and O–H groups in total. The van der Waals surface area contributed by atoms with Crippen molar-refractivity contribution in [3.63, 3.8) is 0 Å². The van der Waals surface area contributed by atoms with Crippen LogP contribution in [0.5, 0.6) is 5.75 Å². The van der Waals surface area contributed by atoms with Crippen LogP contribution in [0.4, 0.5) is 11.4 Å². The molecular weight excluding hydrogens is 460 g/mol. The molecule has 3 aromatic rings. The van der Waals surface area contributed by atoms with E-state index in [1.165, 1.54) is 0 Å². The molecular formula is C28H26N2O6. The number of Topliss-reactive ketones (excluding diaryl/α,β-unsaturated/α-hetero) is 1. The molecule has 2 aliphatic rings. The van der Waals surface area contributed by atoms with Gasteiger partial charge in [0.25, 0.3) is 0 Å². The number of anilines is 2. The molecule has 8 heteroatoms. The third-order valence-corrected chi connectivity index (χ3v) is 6.69. The quantitative estimate of drug-likeness (QED) is 0.502. The minimum atomic E-state index is -1.06. The van der Waals surface area contributed by atoms with Crippen LogP contribution >= 0.6 is 0 Å². The Morgan fingerprint density at radius 1 is 1.06 bits per heavy atom. The van der Waals surface area contributed by atoms with Gasteiger partial charge in [0.15, 0.2) is 5.78 Å². The van der Waals surface area contributed by atoms with Crippen molar-refractivity contribution in [3.8, 4) is 5.75 Å². The molecule has 2 heterocycles. The number of hydrogen-bond donors (Lipinski definition) is 2. The highest BCUT2D eigenvalue weighted by atomic mass is 16.5. The summed E-state index contributed by atoms with van der Waals surface area (Å²) in [6, 6.07) is 17.6. The molecule has 0 bridgehead atoms. The minimum Gasteiger partial charge on any atom is -0.497 e. The first kappa shape index (κ1) is 23.4. The van der Waals surface area contributed by atoms with Gasteiger partial charge in [-0.1, -0.05) is 24.3 Å². The molecule has 1 amide bonds. The van der Waals surface area contributed by atoms with Crippen molar-refractivity contribution in [2.75, 3.05) is 17.3 Å². The van der Waals surface area contributed by atoms with Gasteiger partial charge in [-0.3, -0.25) is 19.3 Å². The Morgan fingerprint density at radius 2 is 1.83 bits per heavy atom. The van der Waals surface area contributed by atoms with Crippen molar-refractivity contribution in [2.45, 2.75) is 37.6 Å². The van der Waals surface area contributed by atoms with Gasteiger partial charge < -0.3 is 19.6 Å². The van der Waals surface area contributed by atoms with Gasteiger partial charge in [0.05, 0.1) is 37.2 Å². The normalized spacial score (nSPS) is 19.1. The number of rotatable bonds is 6. The lowest BCUT2D eigenvalue weighted by molar-refractivity contribution is -0.138. The van der Waals surface area contributed by atoms with Crippen LogP contribution in [-0.2, 0) is 14.4 Å². The van der Waals surface area contributed by atoms with E-state index in [0.29, 0.717) is 29.1 Å². The van der Waals surface area contributed by atoms with Gasteiger partial charge in [-0.15, -0.1) is 0 Å². The van der Waals surface area contributed by atoms with E-state index >= 15 is 0 Å². The van der Waals surface area contributed by atoms with Gasteiger partial charge in [0, 0.05) is 30.0 Å². The second kappa shape index (κ2) is 9.73. The molecule has 36 heavy (non-hydrogen) atoms. The van der Waals surface area contributed by atoms with E-state index < -0.39 is 12.0 Å². The van der Waals surface area contributed by atoms with E-state index in [1.807, 2.05) is 48.5 Å². The third-order valence-electron chi connectivity index (χ3n) is 6.69. The number of nitrogens with zero attached hydrogens (tertiary/aromatic N) is 1. The lowest BCUT2D eigenvalue weighted by atomic mass is 9.80. The maximum atomic E-state index is 13.8. The number of benzene rings is 2. The van der Waals surface area contributed by atoms with Gasteiger partial charge in [0.1, 0.15) is 11.5 Å². The Kier molecular flexibility index (Phi) is 6.33. The highest BCUT2D eigenvalue weighted by molar-refractivity contribution is 6.06. The first-order chi connectivity index (χ1) is 17.5. The summed E-state index contributed by atoms with van der Waals surface area (Å²) in [4.78, 5) is 40.3. The van der Waals surface area contributed by atoms with E-state index in [0.717, 1.165) is 17.0 Å². The van der Waals surface area contributed by atoms with E-state index in [-0.39, 0.29) is 36.9 Å². The largest absolute Gasteiger partial charge is 0.497 e. The first-order valence-corrected chi connectivity index (χ1v) is 11.8. The van der Waals surface area contributed by atoms with Crippen molar-refractivity contribution in [1.82, 2.24) is 0 Å². The summed E-state index contributed by atoms with van der Waals surface area (Å²) in [5.74, 6) is -0.254. The molecule has 1 aliphatic carbocycles. The molecule has 0 fully saturated rings. The fourth-order valence-electron chi connectivity index (χ4n) is 5.03. The zero-order valence-corrected chi connectivity index (χ0v) is 19.8. The first-order valence-electron chi connectivity index (χ1n) is 11.8. The Balaban J connectivity index is 1.68. The summed E-state index contributed by atoms with van der Waals surface area (Å²) in [6.07, 6.45) is 1.88. The van der Waals surface area contributed by atoms with E-state index in [9.17, 15) is 19.5 Å². The van der Waals surface area contributed by atoms with Crippen LogP contribution in [0.3, 0.4) is 0 Å². The number of carbonyl (C=O) groups is 3. The van der Waals surface area contributed by atoms with E-state index in [2.05, 4.69) is 5.32 Å². The fourth-order valence-corrected chi connectivity index (χ4v) is 5.03. The predicted molar refractivity (Wildman–Crippen MR) is 133 cm³/mol. The van der Waals surface area contributed by atoms with Crippen LogP contribution in [0.25, 0.3) is 0 Å². The Morgan fingerprint density at radius 3 is 2.53 bits per heavy atom. The average molecular weight is 487 g/mol. The summed E-state index contributed by atoms with van der Waals surface area (Å²) in [5.41, 5.74) is 3.23. The van der Waals surface area contributed by atoms with Crippen LogP contribution in [-0.4, -0.2) is 29.9 Å². The second-order valence-corrected chi connectivity index (χ2v) is 8.91. The molecule has 2 atom stereocenters. The number of fused-ring (bicyclic) bond motifs is 1. The molecule has 1 aliphatic heterocycles. The summed E-state index contributed by atoms with van der Waals surface area (Å²) in [5, 5.41) is 12.7. The Labute approximate surface area is 208 Å².